The maximum atomic E-state index is 13.7. The third-order valence-electron chi connectivity index (χ3n) is 3.21. The molecule has 0 radical (unpaired) electrons. The van der Waals surface area contributed by atoms with Crippen molar-refractivity contribution in [3.63, 3.8) is 0 Å². The van der Waals surface area contributed by atoms with E-state index in [0.29, 0.717) is 11.3 Å². The molecule has 6 heteroatoms. The zero-order valence-corrected chi connectivity index (χ0v) is 12.4. The summed E-state index contributed by atoms with van der Waals surface area (Å²) in [5.41, 5.74) is 0.915. The van der Waals surface area contributed by atoms with Crippen LogP contribution in [0.5, 0.6) is 5.75 Å². The standard InChI is InChI=1S/C18H11FN2O3/c19-15-4-2-1-3-14(15)17-21-16(18(22)24-17)11-12-5-7-13(8-6-12)23-10-9-20/h1-8,11H,10H2/b16-11-. The van der Waals surface area contributed by atoms with Crippen LogP contribution in [0.25, 0.3) is 6.08 Å². The molecule has 0 saturated heterocycles. The second-order valence-corrected chi connectivity index (χ2v) is 4.83. The van der Waals surface area contributed by atoms with Gasteiger partial charge in [0.1, 0.15) is 17.6 Å². The summed E-state index contributed by atoms with van der Waals surface area (Å²) in [4.78, 5) is 16.0. The minimum Gasteiger partial charge on any atom is -0.479 e. The fourth-order valence-corrected chi connectivity index (χ4v) is 2.09. The predicted molar refractivity (Wildman–Crippen MR) is 84.6 cm³/mol. The van der Waals surface area contributed by atoms with E-state index >= 15 is 0 Å². The van der Waals surface area contributed by atoms with E-state index in [-0.39, 0.29) is 23.8 Å². The largest absolute Gasteiger partial charge is 0.479 e. The molecule has 0 saturated carbocycles. The minimum absolute atomic E-state index is 0.0386. The van der Waals surface area contributed by atoms with Gasteiger partial charge in [0.05, 0.1) is 5.56 Å². The van der Waals surface area contributed by atoms with E-state index in [0.717, 1.165) is 0 Å². The maximum absolute atomic E-state index is 13.7. The smallest absolute Gasteiger partial charge is 0.363 e. The van der Waals surface area contributed by atoms with Crippen LogP contribution < -0.4 is 4.74 Å². The fourth-order valence-electron chi connectivity index (χ4n) is 2.09. The topological polar surface area (TPSA) is 71.7 Å². The van der Waals surface area contributed by atoms with Crippen molar-refractivity contribution in [2.75, 3.05) is 6.61 Å². The molecule has 5 nitrogen and oxygen atoms in total. The van der Waals surface area contributed by atoms with Gasteiger partial charge in [-0.25, -0.2) is 14.2 Å². The number of benzene rings is 2. The van der Waals surface area contributed by atoms with Gasteiger partial charge in [0.25, 0.3) is 0 Å². The van der Waals surface area contributed by atoms with Gasteiger partial charge < -0.3 is 9.47 Å². The van der Waals surface area contributed by atoms with Crippen molar-refractivity contribution in [1.29, 1.82) is 5.26 Å². The lowest BCUT2D eigenvalue weighted by Gasteiger charge is -2.01. The zero-order chi connectivity index (χ0) is 16.9. The van der Waals surface area contributed by atoms with Crippen LogP contribution in [0.3, 0.4) is 0 Å². The number of nitrogens with zero attached hydrogens (tertiary/aromatic N) is 2. The van der Waals surface area contributed by atoms with E-state index in [2.05, 4.69) is 4.99 Å². The fraction of sp³-hybridized carbons (Fsp3) is 0.0556. The highest BCUT2D eigenvalue weighted by atomic mass is 19.1. The Morgan fingerprint density at radius 1 is 1.21 bits per heavy atom. The number of carbonyl (C=O) groups excluding carboxylic acids is 1. The molecule has 0 N–H and O–H groups in total. The normalized spacial score (nSPS) is 14.9. The highest BCUT2D eigenvalue weighted by Crippen LogP contribution is 2.21. The number of hydrogen-bond acceptors (Lipinski definition) is 5. The van der Waals surface area contributed by atoms with Crippen molar-refractivity contribution in [1.82, 2.24) is 0 Å². The summed E-state index contributed by atoms with van der Waals surface area (Å²) in [6.45, 7) is -0.0386. The van der Waals surface area contributed by atoms with Gasteiger partial charge in [-0.2, -0.15) is 5.26 Å². The van der Waals surface area contributed by atoms with Gasteiger partial charge in [-0.05, 0) is 35.9 Å². The molecule has 1 heterocycles. The highest BCUT2D eigenvalue weighted by Gasteiger charge is 2.25. The Labute approximate surface area is 137 Å². The number of halogens is 1. The Morgan fingerprint density at radius 3 is 2.67 bits per heavy atom. The van der Waals surface area contributed by atoms with Crippen LogP contribution in [0, 0.1) is 17.1 Å². The lowest BCUT2D eigenvalue weighted by Crippen LogP contribution is -2.07. The van der Waals surface area contributed by atoms with Crippen molar-refractivity contribution in [3.05, 3.63) is 71.2 Å². The first kappa shape index (κ1) is 15.4. The molecule has 3 rings (SSSR count). The van der Waals surface area contributed by atoms with Gasteiger partial charge in [0.15, 0.2) is 12.3 Å². The van der Waals surface area contributed by atoms with E-state index in [1.165, 1.54) is 18.2 Å². The second-order valence-electron chi connectivity index (χ2n) is 4.83. The molecule has 2 aromatic rings. The Kier molecular flexibility index (Phi) is 4.34. The molecule has 1 aliphatic rings. The molecule has 24 heavy (non-hydrogen) atoms. The summed E-state index contributed by atoms with van der Waals surface area (Å²) in [5, 5.41) is 8.46. The average Bonchev–Trinajstić information content (AvgIpc) is 2.95. The summed E-state index contributed by atoms with van der Waals surface area (Å²) >= 11 is 0. The van der Waals surface area contributed by atoms with Crippen molar-refractivity contribution >= 4 is 17.9 Å². The third-order valence-corrected chi connectivity index (χ3v) is 3.21. The number of nitriles is 1. The van der Waals surface area contributed by atoms with Gasteiger partial charge >= 0.3 is 5.97 Å². The van der Waals surface area contributed by atoms with Gasteiger partial charge in [0.2, 0.25) is 5.90 Å². The Morgan fingerprint density at radius 2 is 1.96 bits per heavy atom. The van der Waals surface area contributed by atoms with E-state index in [1.807, 2.05) is 6.07 Å². The van der Waals surface area contributed by atoms with Crippen LogP contribution in [0.1, 0.15) is 11.1 Å². The van der Waals surface area contributed by atoms with E-state index in [9.17, 15) is 9.18 Å². The molecule has 2 aromatic carbocycles. The number of ether oxygens (including phenoxy) is 2. The van der Waals surface area contributed by atoms with Crippen molar-refractivity contribution in [2.45, 2.75) is 0 Å². The number of hydrogen-bond donors (Lipinski definition) is 0. The Hall–Kier alpha value is -3.46. The van der Waals surface area contributed by atoms with Gasteiger partial charge in [-0.1, -0.05) is 24.3 Å². The predicted octanol–water partition coefficient (Wildman–Crippen LogP) is 3.07. The third kappa shape index (κ3) is 3.31. The van der Waals surface area contributed by atoms with Crippen molar-refractivity contribution in [3.8, 4) is 11.8 Å². The molecule has 0 amide bonds. The Balaban J connectivity index is 1.84. The minimum atomic E-state index is -0.641. The molecule has 0 aromatic heterocycles. The van der Waals surface area contributed by atoms with Crippen molar-refractivity contribution < 1.29 is 18.7 Å². The molecule has 1 aliphatic heterocycles. The van der Waals surface area contributed by atoms with E-state index in [1.54, 1.807) is 36.4 Å². The van der Waals surface area contributed by atoms with Crippen LogP contribution in [0.2, 0.25) is 0 Å². The van der Waals surface area contributed by atoms with Crippen LogP contribution >= 0.6 is 0 Å². The lowest BCUT2D eigenvalue weighted by atomic mass is 10.2. The maximum Gasteiger partial charge on any atom is 0.363 e. The van der Waals surface area contributed by atoms with Gasteiger partial charge in [0, 0.05) is 0 Å². The van der Waals surface area contributed by atoms with E-state index in [4.69, 9.17) is 14.7 Å². The first-order chi connectivity index (χ1) is 11.7. The number of carbonyl (C=O) groups is 1. The summed E-state index contributed by atoms with van der Waals surface area (Å²) in [5.74, 6) is -0.663. The molecular formula is C18H11FN2O3. The number of esters is 1. The quantitative estimate of drug-likeness (QED) is 0.640. The molecule has 0 unspecified atom stereocenters. The SMILES string of the molecule is N#CCOc1ccc(/C=C2\N=C(c3ccccc3F)OC2=O)cc1. The summed E-state index contributed by atoms with van der Waals surface area (Å²) < 4.78 is 23.9. The van der Waals surface area contributed by atoms with Gasteiger partial charge in [-0.3, -0.25) is 0 Å². The second kappa shape index (κ2) is 6.75. The first-order valence-electron chi connectivity index (χ1n) is 7.04. The van der Waals surface area contributed by atoms with Crippen LogP contribution in [-0.4, -0.2) is 18.5 Å². The molecular weight excluding hydrogens is 311 g/mol. The van der Waals surface area contributed by atoms with Crippen molar-refractivity contribution in [2.24, 2.45) is 4.99 Å². The van der Waals surface area contributed by atoms with Crippen LogP contribution in [0.15, 0.2) is 59.2 Å². The summed E-state index contributed by atoms with van der Waals surface area (Å²) in [6.07, 6.45) is 1.53. The lowest BCUT2D eigenvalue weighted by molar-refractivity contribution is -0.129. The molecule has 0 spiro atoms. The average molecular weight is 322 g/mol. The molecule has 0 bridgehead atoms. The zero-order valence-electron chi connectivity index (χ0n) is 12.4. The molecule has 118 valence electrons. The van der Waals surface area contributed by atoms with Gasteiger partial charge in [-0.15, -0.1) is 0 Å². The highest BCUT2D eigenvalue weighted by molar-refractivity contribution is 6.12. The first-order valence-corrected chi connectivity index (χ1v) is 7.04. The number of rotatable bonds is 4. The molecule has 0 fully saturated rings. The van der Waals surface area contributed by atoms with E-state index < -0.39 is 11.8 Å². The molecule has 0 aliphatic carbocycles. The summed E-state index contributed by atoms with van der Waals surface area (Å²) in [6, 6.07) is 14.6. The monoisotopic (exact) mass is 322 g/mol. The number of cyclic esters (lactones) is 1. The Bertz CT molecular complexity index is 880. The van der Waals surface area contributed by atoms with Crippen LogP contribution in [-0.2, 0) is 9.53 Å². The summed E-state index contributed by atoms with van der Waals surface area (Å²) in [7, 11) is 0. The number of aliphatic imine (C=N–C) groups is 1. The van der Waals surface area contributed by atoms with Crippen LogP contribution in [0.4, 0.5) is 4.39 Å². The molecule has 0 atom stereocenters.